The van der Waals surface area contributed by atoms with Gasteiger partial charge in [-0.25, -0.2) is 0 Å². The van der Waals surface area contributed by atoms with Crippen LogP contribution in [0.25, 0.3) is 0 Å². The fourth-order valence-corrected chi connectivity index (χ4v) is 3.11. The number of amides is 1. The maximum Gasteiger partial charge on any atom is 0.245 e. The largest absolute Gasteiger partial charge is 0.318 e. The third-order valence-electron chi connectivity index (χ3n) is 4.15. The third kappa shape index (κ3) is 2.00. The summed E-state index contributed by atoms with van der Waals surface area (Å²) >= 11 is 0. The molecule has 2 N–H and O–H groups in total. The molecule has 1 amide bonds. The van der Waals surface area contributed by atoms with Gasteiger partial charge in [0.15, 0.2) is 0 Å². The van der Waals surface area contributed by atoms with Crippen LogP contribution in [0.4, 0.5) is 0 Å². The van der Waals surface area contributed by atoms with Gasteiger partial charge in [0.25, 0.3) is 0 Å². The summed E-state index contributed by atoms with van der Waals surface area (Å²) in [5.41, 5.74) is 9.64. The molecule has 0 saturated heterocycles. The summed E-state index contributed by atoms with van der Waals surface area (Å²) in [6.45, 7) is 0.472. The predicted octanol–water partition coefficient (Wildman–Crippen LogP) is 1.47. The fourth-order valence-electron chi connectivity index (χ4n) is 3.11. The second kappa shape index (κ2) is 5.10. The van der Waals surface area contributed by atoms with Gasteiger partial charge in [0.1, 0.15) is 12.1 Å². The van der Waals surface area contributed by atoms with Crippen LogP contribution in [0.3, 0.4) is 0 Å². The number of nitrogens with two attached hydrogens (primary N) is 1. The zero-order valence-corrected chi connectivity index (χ0v) is 11.2. The molecular weight excluding hydrogens is 250 g/mol. The summed E-state index contributed by atoms with van der Waals surface area (Å²) in [4.78, 5) is 14.1. The number of nitriles is 1. The van der Waals surface area contributed by atoms with Crippen LogP contribution in [0.5, 0.6) is 0 Å². The van der Waals surface area contributed by atoms with Crippen LogP contribution in [0, 0.1) is 11.3 Å². The highest BCUT2D eigenvalue weighted by molar-refractivity contribution is 5.85. The van der Waals surface area contributed by atoms with E-state index in [4.69, 9.17) is 11.0 Å². The topological polar surface area (TPSA) is 70.1 Å². The molecule has 1 aliphatic heterocycles. The van der Waals surface area contributed by atoms with Gasteiger partial charge in [0.05, 0.1) is 6.07 Å². The lowest BCUT2D eigenvalue weighted by Crippen LogP contribution is -2.41. The minimum absolute atomic E-state index is 0.165. The molecule has 2 atom stereocenters. The first-order chi connectivity index (χ1) is 9.72. The van der Waals surface area contributed by atoms with E-state index in [9.17, 15) is 4.79 Å². The van der Waals surface area contributed by atoms with Crippen molar-refractivity contribution in [3.63, 3.8) is 0 Å². The molecule has 1 aromatic rings. The Morgan fingerprint density at radius 2 is 2.30 bits per heavy atom. The molecule has 0 spiro atoms. The van der Waals surface area contributed by atoms with Crippen molar-refractivity contribution in [3.05, 3.63) is 47.0 Å². The molecule has 20 heavy (non-hydrogen) atoms. The summed E-state index contributed by atoms with van der Waals surface area (Å²) in [7, 11) is 0. The molecule has 4 heteroatoms. The Morgan fingerprint density at radius 1 is 1.45 bits per heavy atom. The van der Waals surface area contributed by atoms with Gasteiger partial charge in [0.2, 0.25) is 5.91 Å². The molecule has 0 bridgehead atoms. The van der Waals surface area contributed by atoms with Gasteiger partial charge >= 0.3 is 0 Å². The van der Waals surface area contributed by atoms with Gasteiger partial charge in [-0.2, -0.15) is 5.26 Å². The first kappa shape index (κ1) is 12.9. The Morgan fingerprint density at radius 3 is 3.10 bits per heavy atom. The molecule has 102 valence electrons. The van der Waals surface area contributed by atoms with Gasteiger partial charge in [-0.3, -0.25) is 4.79 Å². The van der Waals surface area contributed by atoms with E-state index in [2.05, 4.69) is 12.1 Å². The summed E-state index contributed by atoms with van der Waals surface area (Å²) in [5, 5.41) is 9.06. The highest BCUT2D eigenvalue weighted by atomic mass is 16.2. The number of carbonyl (C=O) groups excluding carboxylic acids is 1. The predicted molar refractivity (Wildman–Crippen MR) is 75.6 cm³/mol. The van der Waals surface area contributed by atoms with E-state index < -0.39 is 12.1 Å². The van der Waals surface area contributed by atoms with E-state index >= 15 is 0 Å². The Bertz CT molecular complexity index is 615. The Balaban J connectivity index is 1.87. The first-order valence-electron chi connectivity index (χ1n) is 6.95. The van der Waals surface area contributed by atoms with Crippen molar-refractivity contribution in [1.82, 2.24) is 4.90 Å². The van der Waals surface area contributed by atoms with Crippen molar-refractivity contribution in [2.24, 2.45) is 5.73 Å². The van der Waals surface area contributed by atoms with Crippen LogP contribution in [-0.2, 0) is 17.6 Å². The van der Waals surface area contributed by atoms with Crippen molar-refractivity contribution < 1.29 is 4.79 Å². The van der Waals surface area contributed by atoms with E-state index in [1.807, 2.05) is 18.2 Å². The quantitative estimate of drug-likeness (QED) is 0.825. The van der Waals surface area contributed by atoms with Gasteiger partial charge < -0.3 is 10.6 Å². The molecule has 0 saturated carbocycles. The number of hydrogen-bond donors (Lipinski definition) is 1. The maximum atomic E-state index is 12.5. The molecule has 0 unspecified atom stereocenters. The molecule has 4 nitrogen and oxygen atoms in total. The molecule has 0 fully saturated rings. The summed E-state index contributed by atoms with van der Waals surface area (Å²) in [6, 6.07) is 6.99. The standard InChI is InChI=1S/C16H17N3O/c17-10-12-6-3-9-19(12)16(20)15(18)14-8-2-5-11-4-1-7-13(11)14/h2-3,5-6,8,12,15H,1,4,7,9,18H2/t12-,15-/m0/s1. The van der Waals surface area contributed by atoms with Crippen molar-refractivity contribution in [2.45, 2.75) is 31.3 Å². The van der Waals surface area contributed by atoms with Gasteiger partial charge in [-0.1, -0.05) is 24.3 Å². The SMILES string of the molecule is N#C[C@@H]1C=CCN1C(=O)[C@@H](N)c1cccc2c1CCC2. The van der Waals surface area contributed by atoms with E-state index in [0.717, 1.165) is 24.8 Å². The highest BCUT2D eigenvalue weighted by Crippen LogP contribution is 2.29. The number of hydrogen-bond acceptors (Lipinski definition) is 3. The van der Waals surface area contributed by atoms with E-state index in [-0.39, 0.29) is 5.91 Å². The van der Waals surface area contributed by atoms with E-state index in [1.54, 1.807) is 11.0 Å². The molecule has 1 heterocycles. The van der Waals surface area contributed by atoms with Crippen LogP contribution in [0.2, 0.25) is 0 Å². The Kier molecular flexibility index (Phi) is 3.29. The lowest BCUT2D eigenvalue weighted by Gasteiger charge is -2.24. The van der Waals surface area contributed by atoms with Crippen LogP contribution >= 0.6 is 0 Å². The zero-order valence-electron chi connectivity index (χ0n) is 11.2. The average molecular weight is 267 g/mol. The second-order valence-electron chi connectivity index (χ2n) is 5.31. The van der Waals surface area contributed by atoms with Crippen LogP contribution in [-0.4, -0.2) is 23.4 Å². The van der Waals surface area contributed by atoms with Crippen LogP contribution in [0.1, 0.15) is 29.2 Å². The number of fused-ring (bicyclic) bond motifs is 1. The molecule has 1 aromatic carbocycles. The molecule has 0 aromatic heterocycles. The van der Waals surface area contributed by atoms with Gasteiger partial charge in [-0.05, 0) is 42.0 Å². The Hall–Kier alpha value is -2.12. The van der Waals surface area contributed by atoms with Crippen molar-refractivity contribution in [3.8, 4) is 6.07 Å². The van der Waals surface area contributed by atoms with Crippen molar-refractivity contribution in [2.75, 3.05) is 6.54 Å². The Labute approximate surface area is 118 Å². The van der Waals surface area contributed by atoms with Gasteiger partial charge in [0, 0.05) is 6.54 Å². The lowest BCUT2D eigenvalue weighted by molar-refractivity contribution is -0.132. The summed E-state index contributed by atoms with van der Waals surface area (Å²) < 4.78 is 0. The maximum absolute atomic E-state index is 12.5. The first-order valence-corrected chi connectivity index (χ1v) is 6.95. The molecular formula is C16H17N3O. The number of rotatable bonds is 2. The van der Waals surface area contributed by atoms with Gasteiger partial charge in [-0.15, -0.1) is 0 Å². The minimum atomic E-state index is -0.668. The fraction of sp³-hybridized carbons (Fsp3) is 0.375. The monoisotopic (exact) mass is 267 g/mol. The van der Waals surface area contributed by atoms with Crippen molar-refractivity contribution in [1.29, 1.82) is 5.26 Å². The molecule has 1 aliphatic carbocycles. The lowest BCUT2D eigenvalue weighted by atomic mass is 9.97. The zero-order chi connectivity index (χ0) is 14.1. The number of benzene rings is 1. The summed E-state index contributed by atoms with van der Waals surface area (Å²) in [5.74, 6) is -0.165. The highest BCUT2D eigenvalue weighted by Gasteiger charge is 2.31. The number of carbonyl (C=O) groups is 1. The molecule has 2 aliphatic rings. The third-order valence-corrected chi connectivity index (χ3v) is 4.15. The van der Waals surface area contributed by atoms with E-state index in [1.165, 1.54) is 11.1 Å². The number of nitrogens with zero attached hydrogens (tertiary/aromatic N) is 2. The molecule has 0 radical (unpaired) electrons. The minimum Gasteiger partial charge on any atom is -0.318 e. The van der Waals surface area contributed by atoms with Crippen molar-refractivity contribution >= 4 is 5.91 Å². The smallest absolute Gasteiger partial charge is 0.245 e. The average Bonchev–Trinajstić information content (AvgIpc) is 3.13. The normalized spacial score (nSPS) is 21.6. The van der Waals surface area contributed by atoms with Crippen LogP contribution in [0.15, 0.2) is 30.4 Å². The molecule has 3 rings (SSSR count). The van der Waals surface area contributed by atoms with Crippen LogP contribution < -0.4 is 5.73 Å². The van der Waals surface area contributed by atoms with E-state index in [0.29, 0.717) is 6.54 Å². The second-order valence-corrected chi connectivity index (χ2v) is 5.31. The summed E-state index contributed by atoms with van der Waals surface area (Å²) in [6.07, 6.45) is 6.77. The number of aryl methyl sites for hydroxylation is 1.